The third-order valence-corrected chi connectivity index (χ3v) is 2.61. The number of alkyl halides is 3. The monoisotopic (exact) mass is 251 g/mol. The van der Waals surface area contributed by atoms with Crippen LogP contribution in [-0.4, -0.2) is 4.98 Å². The molecule has 1 aromatic carbocycles. The summed E-state index contributed by atoms with van der Waals surface area (Å²) in [5, 5.41) is 0. The molecule has 1 nitrogen and oxygen atoms in total. The first kappa shape index (κ1) is 12.6. The minimum Gasteiger partial charge on any atom is -0.253 e. The predicted octanol–water partition coefficient (Wildman–Crippen LogP) is 4.38. The Bertz CT molecular complexity index is 553. The number of aryl methyl sites for hydroxylation is 2. The van der Waals surface area contributed by atoms with E-state index in [2.05, 4.69) is 4.98 Å². The molecule has 2 rings (SSSR count). The number of hydrogen-bond donors (Lipinski definition) is 0. The lowest BCUT2D eigenvalue weighted by Crippen LogP contribution is -2.07. The summed E-state index contributed by atoms with van der Waals surface area (Å²) in [4.78, 5) is 4.18. The molecule has 18 heavy (non-hydrogen) atoms. The SMILES string of the molecule is Cc1cc(C)nc(-c2ccccc2C(F)(F)F)c1. The molecule has 94 valence electrons. The van der Waals surface area contributed by atoms with Crippen molar-refractivity contribution >= 4 is 0 Å². The molecule has 0 spiro atoms. The van der Waals surface area contributed by atoms with Gasteiger partial charge in [-0.25, -0.2) is 0 Å². The molecular formula is C14H12F3N. The van der Waals surface area contributed by atoms with E-state index in [1.54, 1.807) is 19.1 Å². The zero-order chi connectivity index (χ0) is 13.3. The van der Waals surface area contributed by atoms with Gasteiger partial charge in [0.25, 0.3) is 0 Å². The van der Waals surface area contributed by atoms with Gasteiger partial charge in [-0.15, -0.1) is 0 Å². The first-order valence-corrected chi connectivity index (χ1v) is 5.50. The summed E-state index contributed by atoms with van der Waals surface area (Å²) in [6.45, 7) is 3.61. The van der Waals surface area contributed by atoms with Crippen LogP contribution in [0, 0.1) is 13.8 Å². The van der Waals surface area contributed by atoms with Crippen molar-refractivity contribution in [1.82, 2.24) is 4.98 Å². The highest BCUT2D eigenvalue weighted by molar-refractivity contribution is 5.65. The molecule has 0 radical (unpaired) electrons. The van der Waals surface area contributed by atoms with Crippen molar-refractivity contribution in [1.29, 1.82) is 0 Å². The summed E-state index contributed by atoms with van der Waals surface area (Å²) in [5.41, 5.74) is 1.44. The fraction of sp³-hybridized carbons (Fsp3) is 0.214. The van der Waals surface area contributed by atoms with Gasteiger partial charge in [-0.05, 0) is 37.6 Å². The molecule has 0 fully saturated rings. The Morgan fingerprint density at radius 3 is 2.28 bits per heavy atom. The van der Waals surface area contributed by atoms with Crippen LogP contribution in [-0.2, 0) is 6.18 Å². The first-order chi connectivity index (χ1) is 8.38. The van der Waals surface area contributed by atoms with E-state index in [0.29, 0.717) is 11.4 Å². The van der Waals surface area contributed by atoms with Gasteiger partial charge in [0.1, 0.15) is 0 Å². The number of halogens is 3. The van der Waals surface area contributed by atoms with E-state index in [-0.39, 0.29) is 5.56 Å². The minimum atomic E-state index is -4.37. The third-order valence-electron chi connectivity index (χ3n) is 2.61. The predicted molar refractivity (Wildman–Crippen MR) is 64.1 cm³/mol. The lowest BCUT2D eigenvalue weighted by molar-refractivity contribution is -0.137. The Morgan fingerprint density at radius 1 is 1.00 bits per heavy atom. The number of nitrogens with zero attached hydrogens (tertiary/aromatic N) is 1. The molecule has 0 amide bonds. The van der Waals surface area contributed by atoms with Gasteiger partial charge < -0.3 is 0 Å². The van der Waals surface area contributed by atoms with Crippen LogP contribution in [0.1, 0.15) is 16.8 Å². The summed E-state index contributed by atoms with van der Waals surface area (Å²) < 4.78 is 38.7. The van der Waals surface area contributed by atoms with E-state index in [1.165, 1.54) is 12.1 Å². The summed E-state index contributed by atoms with van der Waals surface area (Å²) in [6, 6.07) is 8.99. The number of rotatable bonds is 1. The molecule has 0 aliphatic rings. The van der Waals surface area contributed by atoms with Gasteiger partial charge in [0, 0.05) is 11.3 Å². The van der Waals surface area contributed by atoms with Crippen molar-refractivity contribution in [3.8, 4) is 11.3 Å². The zero-order valence-corrected chi connectivity index (χ0v) is 10.0. The van der Waals surface area contributed by atoms with Gasteiger partial charge in [0.05, 0.1) is 11.3 Å². The molecule has 2 aromatic rings. The topological polar surface area (TPSA) is 12.9 Å². The standard InChI is InChI=1S/C14H12F3N/c1-9-7-10(2)18-13(8-9)11-5-3-4-6-12(11)14(15,16)17/h3-8H,1-2H3. The van der Waals surface area contributed by atoms with Gasteiger partial charge >= 0.3 is 6.18 Å². The Morgan fingerprint density at radius 2 is 1.67 bits per heavy atom. The van der Waals surface area contributed by atoms with Crippen LogP contribution in [0.4, 0.5) is 13.2 Å². The van der Waals surface area contributed by atoms with Crippen molar-refractivity contribution in [3.63, 3.8) is 0 Å². The first-order valence-electron chi connectivity index (χ1n) is 5.50. The Balaban J connectivity index is 2.64. The van der Waals surface area contributed by atoms with E-state index in [9.17, 15) is 13.2 Å². The number of aromatic nitrogens is 1. The average molecular weight is 251 g/mol. The van der Waals surface area contributed by atoms with Crippen LogP contribution in [0.3, 0.4) is 0 Å². The fourth-order valence-electron chi connectivity index (χ4n) is 1.93. The van der Waals surface area contributed by atoms with Crippen molar-refractivity contribution in [2.45, 2.75) is 20.0 Å². The molecule has 0 aliphatic heterocycles. The molecule has 0 atom stereocenters. The Kier molecular flexibility index (Phi) is 3.11. The second-order valence-electron chi connectivity index (χ2n) is 4.21. The summed E-state index contributed by atoms with van der Waals surface area (Å²) >= 11 is 0. The Hall–Kier alpha value is -1.84. The molecule has 1 heterocycles. The summed E-state index contributed by atoms with van der Waals surface area (Å²) in [7, 11) is 0. The molecule has 0 aliphatic carbocycles. The smallest absolute Gasteiger partial charge is 0.253 e. The highest BCUT2D eigenvalue weighted by Crippen LogP contribution is 2.36. The average Bonchev–Trinajstić information content (AvgIpc) is 2.26. The second kappa shape index (κ2) is 4.44. The van der Waals surface area contributed by atoms with E-state index in [1.807, 2.05) is 13.0 Å². The summed E-state index contributed by atoms with van der Waals surface area (Å²) in [6.07, 6.45) is -4.37. The maximum Gasteiger partial charge on any atom is 0.417 e. The van der Waals surface area contributed by atoms with Crippen molar-refractivity contribution in [3.05, 3.63) is 53.2 Å². The quantitative estimate of drug-likeness (QED) is 0.732. The Labute approximate surface area is 103 Å². The van der Waals surface area contributed by atoms with Crippen LogP contribution in [0.5, 0.6) is 0 Å². The van der Waals surface area contributed by atoms with E-state index in [4.69, 9.17) is 0 Å². The molecule has 4 heteroatoms. The number of benzene rings is 1. The molecular weight excluding hydrogens is 239 g/mol. The normalized spacial score (nSPS) is 11.6. The lowest BCUT2D eigenvalue weighted by Gasteiger charge is -2.13. The van der Waals surface area contributed by atoms with Crippen molar-refractivity contribution < 1.29 is 13.2 Å². The van der Waals surface area contributed by atoms with Crippen LogP contribution in [0.2, 0.25) is 0 Å². The number of hydrogen-bond acceptors (Lipinski definition) is 1. The van der Waals surface area contributed by atoms with Crippen molar-refractivity contribution in [2.24, 2.45) is 0 Å². The van der Waals surface area contributed by atoms with Crippen LogP contribution < -0.4 is 0 Å². The van der Waals surface area contributed by atoms with Crippen molar-refractivity contribution in [2.75, 3.05) is 0 Å². The molecule has 0 saturated carbocycles. The lowest BCUT2D eigenvalue weighted by atomic mass is 10.0. The van der Waals surface area contributed by atoms with E-state index in [0.717, 1.165) is 11.6 Å². The van der Waals surface area contributed by atoms with Crippen LogP contribution in [0.15, 0.2) is 36.4 Å². The van der Waals surface area contributed by atoms with Gasteiger partial charge in [0.15, 0.2) is 0 Å². The van der Waals surface area contributed by atoms with Gasteiger partial charge in [-0.1, -0.05) is 18.2 Å². The fourth-order valence-corrected chi connectivity index (χ4v) is 1.93. The maximum atomic E-state index is 12.9. The van der Waals surface area contributed by atoms with Crippen LogP contribution >= 0.6 is 0 Å². The molecule has 1 aromatic heterocycles. The van der Waals surface area contributed by atoms with Gasteiger partial charge in [-0.3, -0.25) is 4.98 Å². The van der Waals surface area contributed by atoms with Gasteiger partial charge in [0.2, 0.25) is 0 Å². The zero-order valence-electron chi connectivity index (χ0n) is 10.0. The minimum absolute atomic E-state index is 0.122. The van der Waals surface area contributed by atoms with Crippen LogP contribution in [0.25, 0.3) is 11.3 Å². The third kappa shape index (κ3) is 2.53. The molecule has 0 bridgehead atoms. The largest absolute Gasteiger partial charge is 0.417 e. The number of pyridine rings is 1. The highest BCUT2D eigenvalue weighted by Gasteiger charge is 2.33. The van der Waals surface area contributed by atoms with Gasteiger partial charge in [-0.2, -0.15) is 13.2 Å². The van der Waals surface area contributed by atoms with E-state index >= 15 is 0 Å². The molecule has 0 saturated heterocycles. The maximum absolute atomic E-state index is 12.9. The highest BCUT2D eigenvalue weighted by atomic mass is 19.4. The second-order valence-corrected chi connectivity index (χ2v) is 4.21. The molecule has 0 unspecified atom stereocenters. The molecule has 0 N–H and O–H groups in total. The van der Waals surface area contributed by atoms with E-state index < -0.39 is 11.7 Å². The summed E-state index contributed by atoms with van der Waals surface area (Å²) in [5.74, 6) is 0.